The van der Waals surface area contributed by atoms with E-state index in [-0.39, 0.29) is 5.78 Å². The minimum absolute atomic E-state index is 0.0457. The molecule has 1 aromatic heterocycles. The Morgan fingerprint density at radius 3 is 2.83 bits per heavy atom. The Labute approximate surface area is 108 Å². The van der Waals surface area contributed by atoms with E-state index in [9.17, 15) is 4.79 Å². The highest BCUT2D eigenvalue weighted by Gasteiger charge is 2.16. The summed E-state index contributed by atoms with van der Waals surface area (Å²) in [6.45, 7) is 5.36. The average molecular weight is 253 g/mol. The number of hydrogen-bond acceptors (Lipinski definition) is 4. The molecule has 1 unspecified atom stereocenters. The Balaban J connectivity index is 2.65. The van der Waals surface area contributed by atoms with Gasteiger partial charge in [0.05, 0.1) is 18.2 Å². The zero-order valence-corrected chi connectivity index (χ0v) is 11.5. The van der Waals surface area contributed by atoms with Gasteiger partial charge in [-0.3, -0.25) is 9.48 Å². The predicted molar refractivity (Wildman–Crippen MR) is 70.5 cm³/mol. The van der Waals surface area contributed by atoms with Gasteiger partial charge >= 0.3 is 0 Å². The number of nitrogens with two attached hydrogens (primary N) is 1. The Morgan fingerprint density at radius 2 is 2.28 bits per heavy atom. The third kappa shape index (κ3) is 3.92. The highest BCUT2D eigenvalue weighted by Crippen LogP contribution is 2.08. The van der Waals surface area contributed by atoms with Crippen LogP contribution < -0.4 is 5.73 Å². The van der Waals surface area contributed by atoms with Crippen molar-refractivity contribution in [3.05, 3.63) is 17.5 Å². The van der Waals surface area contributed by atoms with Crippen molar-refractivity contribution in [2.75, 3.05) is 13.7 Å². The van der Waals surface area contributed by atoms with Crippen LogP contribution in [0, 0.1) is 0 Å². The number of carbonyl (C=O) groups excluding carboxylic acids is 1. The average Bonchev–Trinajstić information content (AvgIpc) is 2.77. The smallest absolute Gasteiger partial charge is 0.155 e. The number of rotatable bonds is 8. The van der Waals surface area contributed by atoms with Crippen LogP contribution in [0.3, 0.4) is 0 Å². The summed E-state index contributed by atoms with van der Waals surface area (Å²) in [5.74, 6) is 0.0457. The second kappa shape index (κ2) is 7.28. The lowest BCUT2D eigenvalue weighted by Crippen LogP contribution is -2.33. The fourth-order valence-electron chi connectivity index (χ4n) is 1.82. The van der Waals surface area contributed by atoms with Crippen molar-refractivity contribution in [1.82, 2.24) is 9.78 Å². The highest BCUT2D eigenvalue weighted by molar-refractivity contribution is 5.85. The molecule has 0 spiro atoms. The van der Waals surface area contributed by atoms with Crippen LogP contribution in [0.15, 0.2) is 6.07 Å². The Hall–Kier alpha value is -1.20. The predicted octanol–water partition coefficient (Wildman–Crippen LogP) is 0.941. The molecule has 0 radical (unpaired) electrons. The van der Waals surface area contributed by atoms with E-state index in [4.69, 9.17) is 10.5 Å². The summed E-state index contributed by atoms with van der Waals surface area (Å²) in [5.41, 5.74) is 7.79. The molecule has 1 atom stereocenters. The number of hydrogen-bond donors (Lipinski definition) is 1. The number of ether oxygens (including phenoxy) is 1. The van der Waals surface area contributed by atoms with Gasteiger partial charge in [0.15, 0.2) is 5.78 Å². The number of nitrogens with zero attached hydrogens (tertiary/aromatic N) is 2. The van der Waals surface area contributed by atoms with Gasteiger partial charge in [0.25, 0.3) is 0 Å². The molecule has 0 aromatic carbocycles. The van der Waals surface area contributed by atoms with Crippen molar-refractivity contribution in [1.29, 1.82) is 0 Å². The highest BCUT2D eigenvalue weighted by atomic mass is 16.5. The Bertz CT molecular complexity index is 388. The topological polar surface area (TPSA) is 70.1 Å². The van der Waals surface area contributed by atoms with Crippen LogP contribution in [0.25, 0.3) is 0 Å². The molecule has 1 heterocycles. The summed E-state index contributed by atoms with van der Waals surface area (Å²) in [7, 11) is 1.61. The second-order valence-electron chi connectivity index (χ2n) is 4.33. The van der Waals surface area contributed by atoms with Gasteiger partial charge in [-0.15, -0.1) is 0 Å². The molecule has 0 aliphatic carbocycles. The van der Waals surface area contributed by atoms with E-state index in [0.717, 1.165) is 24.4 Å². The molecular weight excluding hydrogens is 230 g/mol. The van der Waals surface area contributed by atoms with Crippen LogP contribution in [0.1, 0.15) is 31.7 Å². The lowest BCUT2D eigenvalue weighted by Gasteiger charge is -2.10. The third-order valence-electron chi connectivity index (χ3n) is 2.98. The van der Waals surface area contributed by atoms with E-state index >= 15 is 0 Å². The SMILES string of the molecule is CCc1cc(CC(=O)C(N)CCOC)n(CC)n1. The van der Waals surface area contributed by atoms with Crippen molar-refractivity contribution in [2.45, 2.75) is 45.7 Å². The normalized spacial score (nSPS) is 12.7. The summed E-state index contributed by atoms with van der Waals surface area (Å²) < 4.78 is 6.80. The van der Waals surface area contributed by atoms with Gasteiger partial charge in [0, 0.05) is 26.0 Å². The fraction of sp³-hybridized carbons (Fsp3) is 0.692. The first kappa shape index (κ1) is 14.9. The first-order valence-electron chi connectivity index (χ1n) is 6.45. The molecule has 1 aromatic rings. The van der Waals surface area contributed by atoms with Crippen molar-refractivity contribution in [2.24, 2.45) is 5.73 Å². The van der Waals surface area contributed by atoms with E-state index in [0.29, 0.717) is 19.4 Å². The quantitative estimate of drug-likeness (QED) is 0.748. The van der Waals surface area contributed by atoms with E-state index in [2.05, 4.69) is 12.0 Å². The molecule has 102 valence electrons. The van der Waals surface area contributed by atoms with Crippen LogP contribution >= 0.6 is 0 Å². The van der Waals surface area contributed by atoms with Crippen LogP contribution in [-0.4, -0.2) is 35.3 Å². The monoisotopic (exact) mass is 253 g/mol. The van der Waals surface area contributed by atoms with Gasteiger partial charge in [-0.25, -0.2) is 0 Å². The van der Waals surface area contributed by atoms with E-state index in [1.165, 1.54) is 0 Å². The molecule has 1 rings (SSSR count). The molecule has 2 N–H and O–H groups in total. The summed E-state index contributed by atoms with van der Waals surface area (Å²) >= 11 is 0. The molecular formula is C13H23N3O2. The number of aromatic nitrogens is 2. The number of ketones is 1. The number of carbonyl (C=O) groups is 1. The third-order valence-corrected chi connectivity index (χ3v) is 2.98. The van der Waals surface area contributed by atoms with Gasteiger partial charge in [0.1, 0.15) is 0 Å². The van der Waals surface area contributed by atoms with Crippen molar-refractivity contribution < 1.29 is 9.53 Å². The van der Waals surface area contributed by atoms with E-state index < -0.39 is 6.04 Å². The van der Waals surface area contributed by atoms with Gasteiger partial charge in [-0.05, 0) is 25.8 Å². The van der Waals surface area contributed by atoms with Crippen molar-refractivity contribution >= 4 is 5.78 Å². The number of Topliss-reactive ketones (excluding diaryl/α,β-unsaturated/α-hetero) is 1. The standard InChI is InChI=1S/C13H23N3O2/c1-4-10-8-11(16(5-2)15-10)9-13(17)12(14)6-7-18-3/h8,12H,4-7,9,14H2,1-3H3. The molecule has 0 aliphatic rings. The Kier molecular flexibility index (Phi) is 6.01. The second-order valence-corrected chi connectivity index (χ2v) is 4.33. The molecule has 0 fully saturated rings. The summed E-state index contributed by atoms with van der Waals surface area (Å²) in [6, 6.07) is 1.54. The molecule has 0 bridgehead atoms. The lowest BCUT2D eigenvalue weighted by atomic mass is 10.1. The van der Waals surface area contributed by atoms with Crippen LogP contribution in [-0.2, 0) is 28.9 Å². The molecule has 0 saturated heterocycles. The molecule has 0 saturated carbocycles. The van der Waals surface area contributed by atoms with E-state index in [1.54, 1.807) is 7.11 Å². The Morgan fingerprint density at radius 1 is 1.56 bits per heavy atom. The van der Waals surface area contributed by atoms with Crippen molar-refractivity contribution in [3.8, 4) is 0 Å². The van der Waals surface area contributed by atoms with Gasteiger partial charge in [-0.2, -0.15) is 5.10 Å². The lowest BCUT2D eigenvalue weighted by molar-refractivity contribution is -0.120. The molecule has 18 heavy (non-hydrogen) atoms. The molecule has 0 amide bonds. The molecule has 5 nitrogen and oxygen atoms in total. The minimum Gasteiger partial charge on any atom is -0.385 e. The largest absolute Gasteiger partial charge is 0.385 e. The van der Waals surface area contributed by atoms with E-state index in [1.807, 2.05) is 17.7 Å². The summed E-state index contributed by atoms with van der Waals surface area (Å²) in [5, 5.41) is 4.42. The fourth-order valence-corrected chi connectivity index (χ4v) is 1.82. The first-order valence-corrected chi connectivity index (χ1v) is 6.45. The first-order chi connectivity index (χ1) is 8.62. The van der Waals surface area contributed by atoms with Gasteiger partial charge < -0.3 is 10.5 Å². The maximum Gasteiger partial charge on any atom is 0.155 e. The maximum atomic E-state index is 12.0. The van der Waals surface area contributed by atoms with Gasteiger partial charge in [0.2, 0.25) is 0 Å². The molecule has 5 heteroatoms. The summed E-state index contributed by atoms with van der Waals surface area (Å²) in [6.07, 6.45) is 1.80. The van der Waals surface area contributed by atoms with Crippen LogP contribution in [0.2, 0.25) is 0 Å². The van der Waals surface area contributed by atoms with Crippen molar-refractivity contribution in [3.63, 3.8) is 0 Å². The number of methoxy groups -OCH3 is 1. The zero-order chi connectivity index (χ0) is 13.5. The zero-order valence-electron chi connectivity index (χ0n) is 11.5. The number of aryl methyl sites for hydroxylation is 2. The van der Waals surface area contributed by atoms with Crippen LogP contribution in [0.5, 0.6) is 0 Å². The summed E-state index contributed by atoms with van der Waals surface area (Å²) in [4.78, 5) is 12.0. The van der Waals surface area contributed by atoms with Crippen LogP contribution in [0.4, 0.5) is 0 Å². The van der Waals surface area contributed by atoms with Gasteiger partial charge in [-0.1, -0.05) is 6.92 Å². The minimum atomic E-state index is -0.449. The maximum absolute atomic E-state index is 12.0. The molecule has 0 aliphatic heterocycles.